The van der Waals surface area contributed by atoms with Gasteiger partial charge < -0.3 is 10.1 Å². The quantitative estimate of drug-likeness (QED) is 0.813. The van der Waals surface area contributed by atoms with Gasteiger partial charge in [-0.1, -0.05) is 0 Å². The van der Waals surface area contributed by atoms with E-state index >= 15 is 0 Å². The smallest absolute Gasteiger partial charge is 0.330 e. The fraction of sp³-hybridized carbons (Fsp3) is 0.727. The second kappa shape index (κ2) is 7.06. The lowest BCUT2D eigenvalue weighted by molar-refractivity contribution is -0.168. The Morgan fingerprint density at radius 2 is 2.30 bits per heavy atom. The van der Waals surface area contributed by atoms with Gasteiger partial charge in [-0.05, 0) is 0 Å². The van der Waals surface area contributed by atoms with Gasteiger partial charge in [-0.2, -0.15) is 20.5 Å². The van der Waals surface area contributed by atoms with Crippen molar-refractivity contribution in [1.29, 1.82) is 0 Å². The van der Waals surface area contributed by atoms with Crippen LogP contribution in [0, 0.1) is 0 Å². The summed E-state index contributed by atoms with van der Waals surface area (Å²) >= 11 is 3.10. The maximum Gasteiger partial charge on any atom is 0.330 e. The number of thioether (sulfide) groups is 1. The van der Waals surface area contributed by atoms with Crippen LogP contribution in [-0.2, 0) is 11.3 Å². The van der Waals surface area contributed by atoms with E-state index in [4.69, 9.17) is 0 Å². The lowest BCUT2D eigenvalue weighted by Gasteiger charge is -2.21. The molecular weight excluding hydrogens is 316 g/mol. The number of aromatic nitrogens is 1. The molecule has 1 atom stereocenters. The third-order valence-electron chi connectivity index (χ3n) is 2.69. The third kappa shape index (κ3) is 4.31. The first-order valence-corrected chi connectivity index (χ1v) is 8.01. The minimum Gasteiger partial charge on any atom is -0.368 e. The monoisotopic (exact) mass is 330 g/mol. The van der Waals surface area contributed by atoms with Crippen molar-refractivity contribution < 1.29 is 22.3 Å². The first-order chi connectivity index (χ1) is 9.49. The number of nitrogens with one attached hydrogen (secondary N) is 1. The molecule has 1 saturated heterocycles. The van der Waals surface area contributed by atoms with Crippen molar-refractivity contribution in [3.63, 3.8) is 0 Å². The summed E-state index contributed by atoms with van der Waals surface area (Å²) in [5.74, 6) is -2.14. The highest BCUT2D eigenvalue weighted by atomic mass is 32.2. The summed E-state index contributed by atoms with van der Waals surface area (Å²) in [5, 5.41) is 5.66. The molecule has 0 bridgehead atoms. The summed E-state index contributed by atoms with van der Waals surface area (Å²) in [5.41, 5.74) is 0.849. The van der Waals surface area contributed by atoms with Crippen molar-refractivity contribution in [2.24, 2.45) is 0 Å². The molecule has 0 amide bonds. The highest BCUT2D eigenvalue weighted by Crippen LogP contribution is 2.25. The van der Waals surface area contributed by atoms with Gasteiger partial charge in [0.15, 0.2) is 0 Å². The summed E-state index contributed by atoms with van der Waals surface area (Å²) in [7, 11) is 0. The van der Waals surface area contributed by atoms with Crippen LogP contribution in [0.4, 0.5) is 17.6 Å². The molecule has 1 aliphatic heterocycles. The van der Waals surface area contributed by atoms with Crippen molar-refractivity contribution in [1.82, 2.24) is 10.3 Å². The van der Waals surface area contributed by atoms with Gasteiger partial charge in [0.25, 0.3) is 0 Å². The minimum absolute atomic E-state index is 0.154. The van der Waals surface area contributed by atoms with Crippen LogP contribution in [-0.4, -0.2) is 42.0 Å². The number of nitrogens with zero attached hydrogens (tertiary/aromatic N) is 1. The van der Waals surface area contributed by atoms with Crippen molar-refractivity contribution in [3.05, 3.63) is 16.1 Å². The molecule has 3 nitrogen and oxygen atoms in total. The second-order valence-electron chi connectivity index (χ2n) is 4.30. The van der Waals surface area contributed by atoms with E-state index in [0.29, 0.717) is 5.01 Å². The Kier molecular flexibility index (Phi) is 5.65. The number of hydrogen-bond acceptors (Lipinski definition) is 5. The fourth-order valence-electron chi connectivity index (χ4n) is 1.64. The molecule has 2 rings (SSSR count). The van der Waals surface area contributed by atoms with Crippen molar-refractivity contribution in [2.75, 3.05) is 24.7 Å². The van der Waals surface area contributed by atoms with Crippen LogP contribution >= 0.6 is 23.1 Å². The van der Waals surface area contributed by atoms with Crippen LogP contribution < -0.4 is 5.32 Å². The Balaban J connectivity index is 1.81. The molecule has 1 aliphatic rings. The third-order valence-corrected chi connectivity index (χ3v) is 4.59. The van der Waals surface area contributed by atoms with E-state index in [-0.39, 0.29) is 12.6 Å². The van der Waals surface area contributed by atoms with Gasteiger partial charge in [0.2, 0.25) is 0 Å². The molecule has 1 N–H and O–H groups in total. The molecule has 1 aromatic rings. The van der Waals surface area contributed by atoms with Crippen molar-refractivity contribution in [3.8, 4) is 0 Å². The Morgan fingerprint density at radius 3 is 2.95 bits per heavy atom. The first kappa shape index (κ1) is 16.0. The molecule has 0 saturated carbocycles. The highest BCUT2D eigenvalue weighted by molar-refractivity contribution is 7.99. The standard InChI is InChI=1S/C11H14F4N2OS2/c12-10(13)11(14,15)6-18-3-9-17-8(5-20-9)7-4-19-2-1-16-7/h5,7,10,16H,1-4,6H2. The van der Waals surface area contributed by atoms with Gasteiger partial charge in [0, 0.05) is 23.4 Å². The molecule has 2 heterocycles. The van der Waals surface area contributed by atoms with Gasteiger partial charge in [-0.3, -0.25) is 0 Å². The number of hydrogen-bond donors (Lipinski definition) is 1. The molecule has 114 valence electrons. The Labute approximate surface area is 122 Å². The van der Waals surface area contributed by atoms with Crippen LogP contribution in [0.25, 0.3) is 0 Å². The van der Waals surface area contributed by atoms with Gasteiger partial charge in [0.1, 0.15) is 11.6 Å². The molecule has 9 heteroatoms. The Bertz CT molecular complexity index is 424. The predicted molar refractivity (Wildman–Crippen MR) is 70.8 cm³/mol. The molecule has 20 heavy (non-hydrogen) atoms. The highest BCUT2D eigenvalue weighted by Gasteiger charge is 2.41. The van der Waals surface area contributed by atoms with E-state index in [1.807, 2.05) is 17.1 Å². The van der Waals surface area contributed by atoms with Crippen molar-refractivity contribution >= 4 is 23.1 Å². The predicted octanol–water partition coefficient (Wildman–Crippen LogP) is 2.94. The average Bonchev–Trinajstić information content (AvgIpc) is 2.88. The van der Waals surface area contributed by atoms with Crippen LogP contribution in [0.1, 0.15) is 16.7 Å². The number of thiazole rings is 1. The number of halogens is 4. The van der Waals surface area contributed by atoms with Crippen LogP contribution in [0.5, 0.6) is 0 Å². The van der Waals surface area contributed by atoms with E-state index < -0.39 is 19.0 Å². The number of ether oxygens (including phenoxy) is 1. The normalized spacial score (nSPS) is 20.6. The second-order valence-corrected chi connectivity index (χ2v) is 6.39. The topological polar surface area (TPSA) is 34.1 Å². The molecular formula is C11H14F4N2OS2. The minimum atomic E-state index is -4.11. The maximum absolute atomic E-state index is 12.6. The van der Waals surface area contributed by atoms with Crippen LogP contribution in [0.15, 0.2) is 5.38 Å². The number of alkyl halides is 4. The fourth-order valence-corrected chi connectivity index (χ4v) is 3.38. The maximum atomic E-state index is 12.6. The molecule has 1 unspecified atom stereocenters. The van der Waals surface area contributed by atoms with Crippen LogP contribution in [0.3, 0.4) is 0 Å². The van der Waals surface area contributed by atoms with Crippen LogP contribution in [0.2, 0.25) is 0 Å². The summed E-state index contributed by atoms with van der Waals surface area (Å²) in [4.78, 5) is 4.28. The zero-order valence-corrected chi connectivity index (χ0v) is 12.1. The largest absolute Gasteiger partial charge is 0.368 e. The van der Waals surface area contributed by atoms with E-state index in [2.05, 4.69) is 15.0 Å². The van der Waals surface area contributed by atoms with Crippen molar-refractivity contribution in [2.45, 2.75) is 25.0 Å². The molecule has 0 aromatic carbocycles. The number of rotatable bonds is 6. The van der Waals surface area contributed by atoms with E-state index in [9.17, 15) is 17.6 Å². The van der Waals surface area contributed by atoms with E-state index in [1.54, 1.807) is 0 Å². The summed E-state index contributed by atoms with van der Waals surface area (Å²) < 4.78 is 53.8. The first-order valence-electron chi connectivity index (χ1n) is 5.98. The summed E-state index contributed by atoms with van der Waals surface area (Å²) in [6, 6.07) is 0.154. The zero-order chi connectivity index (χ0) is 14.6. The SMILES string of the molecule is FC(F)C(F)(F)COCc1nc(C2CSCCN2)cs1. The molecule has 0 spiro atoms. The molecule has 0 aliphatic carbocycles. The summed E-state index contributed by atoms with van der Waals surface area (Å²) in [6.45, 7) is -0.566. The van der Waals surface area contributed by atoms with E-state index in [1.165, 1.54) is 11.3 Å². The summed E-state index contributed by atoms with van der Waals surface area (Å²) in [6.07, 6.45) is -3.71. The lowest BCUT2D eigenvalue weighted by Crippen LogP contribution is -2.32. The Hall–Kier alpha value is -0.380. The Morgan fingerprint density at radius 1 is 1.50 bits per heavy atom. The van der Waals surface area contributed by atoms with Gasteiger partial charge in [-0.15, -0.1) is 11.3 Å². The molecule has 1 fully saturated rings. The van der Waals surface area contributed by atoms with Gasteiger partial charge in [-0.25, -0.2) is 13.8 Å². The molecule has 1 aromatic heterocycles. The van der Waals surface area contributed by atoms with Gasteiger partial charge in [0.05, 0.1) is 18.3 Å². The lowest BCUT2D eigenvalue weighted by atomic mass is 10.2. The average molecular weight is 330 g/mol. The van der Waals surface area contributed by atoms with E-state index in [0.717, 1.165) is 23.7 Å². The van der Waals surface area contributed by atoms with Gasteiger partial charge >= 0.3 is 12.3 Å². The zero-order valence-electron chi connectivity index (χ0n) is 10.5. The molecule has 0 radical (unpaired) electrons.